The molecule has 0 aliphatic carbocycles. The molecule has 0 saturated carbocycles. The maximum absolute atomic E-state index is 13.3. The molecule has 0 fully saturated rings. The molecule has 5 rings (SSSR count). The highest BCUT2D eigenvalue weighted by Gasteiger charge is 2.32. The Labute approximate surface area is 195 Å². The Hall–Kier alpha value is -3.83. The van der Waals surface area contributed by atoms with E-state index in [1.807, 2.05) is 0 Å². The van der Waals surface area contributed by atoms with Gasteiger partial charge in [-0.15, -0.1) is 0 Å². The van der Waals surface area contributed by atoms with E-state index < -0.39 is 16.1 Å². The molecule has 1 aliphatic rings. The van der Waals surface area contributed by atoms with Crippen LogP contribution in [-0.4, -0.2) is 44.5 Å². The van der Waals surface area contributed by atoms with Crippen molar-refractivity contribution in [1.82, 2.24) is 10.1 Å². The summed E-state index contributed by atoms with van der Waals surface area (Å²) in [4.78, 5) is 4.06. The van der Waals surface area contributed by atoms with Crippen LogP contribution in [0, 0.1) is 0 Å². The lowest BCUT2D eigenvalue weighted by atomic mass is 9.96. The third-order valence-corrected chi connectivity index (χ3v) is 7.00. The van der Waals surface area contributed by atoms with Gasteiger partial charge >= 0.3 is 0 Å². The van der Waals surface area contributed by atoms with Crippen LogP contribution in [0.3, 0.4) is 0 Å². The zero-order chi connectivity index (χ0) is 23.9. The third-order valence-electron chi connectivity index (χ3n) is 5.60. The molecule has 0 spiro atoms. The molecule has 1 aliphatic heterocycles. The van der Waals surface area contributed by atoms with Crippen molar-refractivity contribution in [3.8, 4) is 17.2 Å². The van der Waals surface area contributed by atoms with Gasteiger partial charge in [-0.3, -0.25) is 9.71 Å². The second kappa shape index (κ2) is 8.50. The number of ether oxygens (including phenoxy) is 3. The number of fused-ring (bicyclic) bond motifs is 3. The molecule has 0 radical (unpaired) electrons. The van der Waals surface area contributed by atoms with Gasteiger partial charge in [0.2, 0.25) is 0 Å². The Kier molecular flexibility index (Phi) is 5.50. The first-order chi connectivity index (χ1) is 16.4. The molecule has 0 unspecified atom stereocenters. The minimum Gasteiger partial charge on any atom is -0.495 e. The number of rotatable bonds is 7. The summed E-state index contributed by atoms with van der Waals surface area (Å²) in [7, 11) is -1.45. The van der Waals surface area contributed by atoms with Gasteiger partial charge in [0.1, 0.15) is 28.7 Å². The number of aliphatic hydroxyl groups is 1. The average molecular weight is 484 g/mol. The first-order valence-corrected chi connectivity index (χ1v) is 11.8. The molecule has 176 valence electrons. The van der Waals surface area contributed by atoms with E-state index in [0.717, 1.165) is 5.56 Å². The van der Waals surface area contributed by atoms with Gasteiger partial charge in [-0.25, -0.2) is 8.42 Å². The number of anilines is 1. The predicted molar refractivity (Wildman–Crippen MR) is 122 cm³/mol. The molecule has 0 bridgehead atoms. The fraction of sp³-hybridized carbons (Fsp3) is 0.217. The number of aliphatic hydroxyl groups excluding tert-OH is 1. The molecular formula is C23H21N3O7S. The molecule has 1 atom stereocenters. The van der Waals surface area contributed by atoms with Gasteiger partial charge in [-0.1, -0.05) is 17.3 Å². The van der Waals surface area contributed by atoms with Crippen molar-refractivity contribution in [2.24, 2.45) is 0 Å². The van der Waals surface area contributed by atoms with Crippen molar-refractivity contribution < 1.29 is 32.3 Å². The first-order valence-electron chi connectivity index (χ1n) is 10.4. The van der Waals surface area contributed by atoms with Crippen LogP contribution in [0.2, 0.25) is 0 Å². The summed E-state index contributed by atoms with van der Waals surface area (Å²) in [5, 5.41) is 15.3. The number of hydrogen-bond acceptors (Lipinski definition) is 9. The summed E-state index contributed by atoms with van der Waals surface area (Å²) in [6.45, 7) is 0.369. The molecule has 0 amide bonds. The predicted octanol–water partition coefficient (Wildman–Crippen LogP) is 3.06. The van der Waals surface area contributed by atoms with Crippen molar-refractivity contribution >= 4 is 26.8 Å². The van der Waals surface area contributed by atoms with Gasteiger partial charge in [-0.2, -0.15) is 0 Å². The SMILES string of the molecule is COc1cccc(OC)c1S(=O)(=O)Nc1noc2cc([C@H](O)c3ccccn3)c3c(c12)OCC3. The van der Waals surface area contributed by atoms with Crippen LogP contribution in [0.5, 0.6) is 17.2 Å². The average Bonchev–Trinajstić information content (AvgIpc) is 3.49. The topological polar surface area (TPSA) is 133 Å². The van der Waals surface area contributed by atoms with Crippen LogP contribution >= 0.6 is 0 Å². The quantitative estimate of drug-likeness (QED) is 0.407. The lowest BCUT2D eigenvalue weighted by Crippen LogP contribution is -2.15. The van der Waals surface area contributed by atoms with Crippen LogP contribution in [0.4, 0.5) is 5.82 Å². The number of aromatic nitrogens is 2. The van der Waals surface area contributed by atoms with Crippen molar-refractivity contribution in [2.75, 3.05) is 25.5 Å². The highest BCUT2D eigenvalue weighted by Crippen LogP contribution is 2.44. The van der Waals surface area contributed by atoms with Crippen molar-refractivity contribution in [2.45, 2.75) is 17.4 Å². The van der Waals surface area contributed by atoms with E-state index in [1.165, 1.54) is 26.4 Å². The summed E-state index contributed by atoms with van der Waals surface area (Å²) in [6, 6.07) is 11.6. The summed E-state index contributed by atoms with van der Waals surface area (Å²) in [5.41, 5.74) is 2.04. The van der Waals surface area contributed by atoms with Crippen LogP contribution in [0.15, 0.2) is 58.1 Å². The molecule has 34 heavy (non-hydrogen) atoms. The fourth-order valence-electron chi connectivity index (χ4n) is 4.07. The lowest BCUT2D eigenvalue weighted by molar-refractivity contribution is 0.214. The molecular weight excluding hydrogens is 462 g/mol. The number of methoxy groups -OCH3 is 2. The van der Waals surface area contributed by atoms with Crippen LogP contribution in [0.1, 0.15) is 22.9 Å². The second-order valence-electron chi connectivity index (χ2n) is 7.53. The molecule has 11 heteroatoms. The Morgan fingerprint density at radius 2 is 1.88 bits per heavy atom. The Balaban J connectivity index is 1.61. The van der Waals surface area contributed by atoms with E-state index in [4.69, 9.17) is 18.7 Å². The smallest absolute Gasteiger partial charge is 0.270 e. The number of sulfonamides is 1. The van der Waals surface area contributed by atoms with Crippen LogP contribution in [0.25, 0.3) is 11.0 Å². The van der Waals surface area contributed by atoms with E-state index in [0.29, 0.717) is 35.4 Å². The van der Waals surface area contributed by atoms with Crippen molar-refractivity contribution in [1.29, 1.82) is 0 Å². The summed E-state index contributed by atoms with van der Waals surface area (Å²) in [5.74, 6) is 0.595. The first kappa shape index (κ1) is 22.0. The summed E-state index contributed by atoms with van der Waals surface area (Å²) < 4.78 is 50.9. The number of hydrogen-bond donors (Lipinski definition) is 2. The maximum atomic E-state index is 13.3. The monoisotopic (exact) mass is 483 g/mol. The molecule has 4 aromatic rings. The van der Waals surface area contributed by atoms with Gasteiger partial charge in [0.15, 0.2) is 16.3 Å². The van der Waals surface area contributed by atoms with Crippen LogP contribution in [-0.2, 0) is 16.4 Å². The zero-order valence-electron chi connectivity index (χ0n) is 18.3. The van der Waals surface area contributed by atoms with E-state index >= 15 is 0 Å². The summed E-state index contributed by atoms with van der Waals surface area (Å²) in [6.07, 6.45) is 1.12. The van der Waals surface area contributed by atoms with E-state index in [2.05, 4.69) is 14.9 Å². The van der Waals surface area contributed by atoms with Crippen LogP contribution < -0.4 is 18.9 Å². The van der Waals surface area contributed by atoms with E-state index in [9.17, 15) is 13.5 Å². The molecule has 0 saturated heterocycles. The minimum absolute atomic E-state index is 0.0417. The zero-order valence-corrected chi connectivity index (χ0v) is 19.1. The van der Waals surface area contributed by atoms with Gasteiger partial charge in [0.05, 0.1) is 26.5 Å². The summed E-state index contributed by atoms with van der Waals surface area (Å²) >= 11 is 0. The Morgan fingerprint density at radius 3 is 2.56 bits per heavy atom. The number of nitrogens with zero attached hydrogens (tertiary/aromatic N) is 2. The molecule has 3 heterocycles. The second-order valence-corrected chi connectivity index (χ2v) is 9.15. The number of benzene rings is 2. The van der Waals surface area contributed by atoms with E-state index in [1.54, 1.807) is 36.5 Å². The number of nitrogens with one attached hydrogen (secondary N) is 1. The van der Waals surface area contributed by atoms with Crippen molar-refractivity contribution in [3.63, 3.8) is 0 Å². The third kappa shape index (κ3) is 3.58. The van der Waals surface area contributed by atoms with Gasteiger partial charge in [-0.05, 0) is 35.9 Å². The normalized spacial score (nSPS) is 13.9. The van der Waals surface area contributed by atoms with Gasteiger partial charge in [0, 0.05) is 18.2 Å². The van der Waals surface area contributed by atoms with Gasteiger partial charge in [0.25, 0.3) is 10.0 Å². The van der Waals surface area contributed by atoms with Crippen molar-refractivity contribution in [3.05, 3.63) is 65.5 Å². The molecule has 2 N–H and O–H groups in total. The van der Waals surface area contributed by atoms with Gasteiger partial charge < -0.3 is 23.8 Å². The van der Waals surface area contributed by atoms with E-state index in [-0.39, 0.29) is 27.8 Å². The molecule has 2 aromatic heterocycles. The lowest BCUT2D eigenvalue weighted by Gasteiger charge is -2.15. The Bertz CT molecular complexity index is 1450. The largest absolute Gasteiger partial charge is 0.495 e. The highest BCUT2D eigenvalue weighted by molar-refractivity contribution is 7.93. The highest BCUT2D eigenvalue weighted by atomic mass is 32.2. The minimum atomic E-state index is -4.18. The molecule has 2 aromatic carbocycles. The maximum Gasteiger partial charge on any atom is 0.270 e. The molecule has 10 nitrogen and oxygen atoms in total. The fourth-order valence-corrected chi connectivity index (χ4v) is 5.40. The number of pyridine rings is 1. The standard InChI is InChI=1S/C23H21N3O7S/c1-30-16-7-5-8-17(31-2)22(16)34(28,29)26-23-19-18(33-25-23)12-14(13-9-11-32-21(13)19)20(27)15-6-3-4-10-24-15/h3-8,10,12,20,27H,9,11H2,1-2H3,(H,25,26)/t20-/m0/s1. The Morgan fingerprint density at radius 1 is 1.12 bits per heavy atom.